The summed E-state index contributed by atoms with van der Waals surface area (Å²) in [7, 11) is -1.84. The fourth-order valence-corrected chi connectivity index (χ4v) is 1.06. The Bertz CT molecular complexity index is 114. The van der Waals surface area contributed by atoms with E-state index in [-0.39, 0.29) is 5.75 Å². The summed E-state index contributed by atoms with van der Waals surface area (Å²) in [5.74, 6) is 0.230. The number of hydrogen-bond acceptors (Lipinski definition) is 3. The lowest BCUT2D eigenvalue weighted by molar-refractivity contribution is 0.611. The molecule has 0 spiro atoms. The zero-order valence-electron chi connectivity index (χ0n) is 4.34. The van der Waals surface area contributed by atoms with E-state index in [1.54, 1.807) is 13.2 Å². The van der Waals surface area contributed by atoms with Gasteiger partial charge >= 0.3 is 0 Å². The van der Waals surface area contributed by atoms with Crippen LogP contribution in [0.3, 0.4) is 0 Å². The van der Waals surface area contributed by atoms with Crippen LogP contribution in [0.5, 0.6) is 0 Å². The average Bonchev–Trinajstić information content (AvgIpc) is 1.68. The number of hydrogen-bond donors (Lipinski definition) is 0. The second-order valence-corrected chi connectivity index (χ2v) is 5.56. The van der Waals surface area contributed by atoms with Gasteiger partial charge in [0.1, 0.15) is 0 Å². The van der Waals surface area contributed by atoms with Gasteiger partial charge < -0.3 is 0 Å². The van der Waals surface area contributed by atoms with Gasteiger partial charge in [0.15, 0.2) is 0 Å². The van der Waals surface area contributed by atoms with Gasteiger partial charge in [-0.25, -0.2) is 8.42 Å². The van der Waals surface area contributed by atoms with Crippen molar-refractivity contribution in [2.45, 2.75) is 6.92 Å². The molecular formula is C3H8O2S2. The molecule has 0 aromatic heterocycles. The van der Waals surface area contributed by atoms with Crippen LogP contribution in [-0.2, 0) is 8.87 Å². The second-order valence-electron chi connectivity index (χ2n) is 1.01. The third-order valence-corrected chi connectivity index (χ3v) is 4.05. The molecule has 0 unspecified atom stereocenters. The minimum Gasteiger partial charge on any atom is -0.217 e. The Morgan fingerprint density at radius 2 is 2.00 bits per heavy atom. The highest BCUT2D eigenvalue weighted by Crippen LogP contribution is 2.05. The first-order valence-corrected chi connectivity index (χ1v) is 5.30. The standard InChI is InChI=1S/C3H8O2S2/c1-3-7(4,5)6-2/h3H2,1-2H3. The van der Waals surface area contributed by atoms with Crippen LogP contribution in [-0.4, -0.2) is 20.4 Å². The summed E-state index contributed by atoms with van der Waals surface area (Å²) < 4.78 is 20.7. The second kappa shape index (κ2) is 2.57. The zero-order valence-corrected chi connectivity index (χ0v) is 5.97. The van der Waals surface area contributed by atoms with Gasteiger partial charge in [0, 0.05) is 0 Å². The van der Waals surface area contributed by atoms with Crippen molar-refractivity contribution in [1.29, 1.82) is 0 Å². The summed E-state index contributed by atoms with van der Waals surface area (Å²) >= 11 is 0. The van der Waals surface area contributed by atoms with E-state index < -0.39 is 8.87 Å². The molecule has 0 saturated carbocycles. The molecule has 0 heterocycles. The number of rotatable bonds is 2. The zero-order chi connectivity index (χ0) is 5.91. The minimum absolute atomic E-state index is 0.230. The maximum absolute atomic E-state index is 10.3. The van der Waals surface area contributed by atoms with E-state index in [2.05, 4.69) is 0 Å². The summed E-state index contributed by atoms with van der Waals surface area (Å²) in [5.41, 5.74) is 0. The van der Waals surface area contributed by atoms with Crippen molar-refractivity contribution in [3.8, 4) is 0 Å². The van der Waals surface area contributed by atoms with Crippen LogP contribution in [0.25, 0.3) is 0 Å². The molecule has 0 aliphatic carbocycles. The van der Waals surface area contributed by atoms with Crippen molar-refractivity contribution < 1.29 is 8.42 Å². The highest BCUT2D eigenvalue weighted by molar-refractivity contribution is 8.71. The van der Waals surface area contributed by atoms with E-state index in [0.29, 0.717) is 0 Å². The van der Waals surface area contributed by atoms with E-state index in [0.717, 1.165) is 10.8 Å². The first kappa shape index (κ1) is 7.30. The first-order valence-electron chi connectivity index (χ1n) is 1.90. The van der Waals surface area contributed by atoms with Crippen LogP contribution in [0.1, 0.15) is 6.92 Å². The lowest BCUT2D eigenvalue weighted by Crippen LogP contribution is -1.93. The summed E-state index contributed by atoms with van der Waals surface area (Å²) in [4.78, 5) is 0. The Hall–Kier alpha value is 0.300. The Morgan fingerprint density at radius 3 is 2.00 bits per heavy atom. The molecule has 0 atom stereocenters. The van der Waals surface area contributed by atoms with Gasteiger partial charge in [0.05, 0.1) is 5.75 Å². The van der Waals surface area contributed by atoms with E-state index >= 15 is 0 Å². The Balaban J connectivity index is 3.89. The average molecular weight is 140 g/mol. The summed E-state index contributed by atoms with van der Waals surface area (Å²) in [5, 5.41) is 0. The lowest BCUT2D eigenvalue weighted by Gasteiger charge is -1.88. The van der Waals surface area contributed by atoms with Crippen molar-refractivity contribution in [2.24, 2.45) is 0 Å². The summed E-state index contributed by atoms with van der Waals surface area (Å²) in [6, 6.07) is 0. The minimum atomic E-state index is -2.74. The van der Waals surface area contributed by atoms with Crippen LogP contribution < -0.4 is 0 Å². The van der Waals surface area contributed by atoms with Gasteiger partial charge in [-0.05, 0) is 17.0 Å². The van der Waals surface area contributed by atoms with Crippen molar-refractivity contribution in [3.05, 3.63) is 0 Å². The predicted molar refractivity (Wildman–Crippen MR) is 33.0 cm³/mol. The third-order valence-electron chi connectivity index (χ3n) is 0.607. The van der Waals surface area contributed by atoms with Crippen LogP contribution in [0, 0.1) is 0 Å². The van der Waals surface area contributed by atoms with E-state index in [1.807, 2.05) is 0 Å². The Kier molecular flexibility index (Phi) is 2.68. The molecule has 0 aromatic carbocycles. The van der Waals surface area contributed by atoms with E-state index in [9.17, 15) is 8.42 Å². The Labute approximate surface area is 47.6 Å². The predicted octanol–water partition coefficient (Wildman–Crippen LogP) is 0.699. The molecule has 0 bridgehead atoms. The van der Waals surface area contributed by atoms with Gasteiger partial charge in [-0.15, -0.1) is 0 Å². The van der Waals surface area contributed by atoms with Gasteiger partial charge in [-0.1, -0.05) is 6.92 Å². The monoisotopic (exact) mass is 140 g/mol. The maximum Gasteiger partial charge on any atom is 0.201 e. The SMILES string of the molecule is CCS(=O)(=O)SC. The van der Waals surface area contributed by atoms with E-state index in [4.69, 9.17) is 0 Å². The van der Waals surface area contributed by atoms with Crippen LogP contribution in [0.2, 0.25) is 0 Å². The fraction of sp³-hybridized carbons (Fsp3) is 1.00. The van der Waals surface area contributed by atoms with Crippen LogP contribution in [0.4, 0.5) is 0 Å². The molecule has 7 heavy (non-hydrogen) atoms. The van der Waals surface area contributed by atoms with Gasteiger partial charge in [0.25, 0.3) is 0 Å². The molecule has 0 aliphatic rings. The first-order chi connectivity index (χ1) is 3.12. The summed E-state index contributed by atoms with van der Waals surface area (Å²) in [6.07, 6.45) is 1.57. The molecule has 2 nitrogen and oxygen atoms in total. The molecule has 0 fully saturated rings. The quantitative estimate of drug-likeness (QED) is 0.529. The van der Waals surface area contributed by atoms with Crippen molar-refractivity contribution in [3.63, 3.8) is 0 Å². The molecule has 44 valence electrons. The molecule has 0 radical (unpaired) electrons. The molecule has 4 heteroatoms. The molecule has 0 saturated heterocycles. The van der Waals surface area contributed by atoms with Crippen LogP contribution in [0.15, 0.2) is 0 Å². The highest BCUT2D eigenvalue weighted by atomic mass is 33.1. The summed E-state index contributed by atoms with van der Waals surface area (Å²) in [6.45, 7) is 1.63. The van der Waals surface area contributed by atoms with Crippen molar-refractivity contribution in [2.75, 3.05) is 12.0 Å². The molecule has 0 aromatic rings. The molecule has 0 aliphatic heterocycles. The smallest absolute Gasteiger partial charge is 0.201 e. The molecule has 0 N–H and O–H groups in total. The fourth-order valence-electron chi connectivity index (χ4n) is 0.118. The maximum atomic E-state index is 10.3. The van der Waals surface area contributed by atoms with Crippen LogP contribution >= 0.6 is 10.8 Å². The third kappa shape index (κ3) is 2.93. The van der Waals surface area contributed by atoms with Gasteiger partial charge in [-0.2, -0.15) is 0 Å². The van der Waals surface area contributed by atoms with Crippen molar-refractivity contribution in [1.82, 2.24) is 0 Å². The molecule has 0 rings (SSSR count). The highest BCUT2D eigenvalue weighted by Gasteiger charge is 2.00. The molecule has 0 amide bonds. The topological polar surface area (TPSA) is 34.1 Å². The lowest BCUT2D eigenvalue weighted by atomic mass is 11.0. The molecular weight excluding hydrogens is 132 g/mol. The normalized spacial score (nSPS) is 11.7. The van der Waals surface area contributed by atoms with Gasteiger partial charge in [0.2, 0.25) is 8.87 Å². The van der Waals surface area contributed by atoms with E-state index in [1.165, 1.54) is 0 Å². The van der Waals surface area contributed by atoms with Gasteiger partial charge in [-0.3, -0.25) is 0 Å². The Morgan fingerprint density at radius 1 is 1.57 bits per heavy atom. The largest absolute Gasteiger partial charge is 0.217 e. The van der Waals surface area contributed by atoms with Crippen molar-refractivity contribution >= 4 is 19.7 Å².